The molecule has 0 bridgehead atoms. The summed E-state index contributed by atoms with van der Waals surface area (Å²) in [5.74, 6) is -0.519. The Morgan fingerprint density at radius 1 is 1.03 bits per heavy atom. The Hall–Kier alpha value is -4.27. The first-order valence-corrected chi connectivity index (χ1v) is 9.66. The number of carbonyl (C=O) groups is 1. The molecule has 0 radical (unpaired) electrons. The number of carbonyl (C=O) groups excluding carboxylic acids is 1. The largest absolute Gasteiger partial charge is 0.508 e. The van der Waals surface area contributed by atoms with Gasteiger partial charge in [-0.3, -0.25) is 9.59 Å². The van der Waals surface area contributed by atoms with Gasteiger partial charge in [0.1, 0.15) is 23.3 Å². The third-order valence-corrected chi connectivity index (χ3v) is 4.80. The zero-order valence-electron chi connectivity index (χ0n) is 16.8. The molecule has 168 valence electrons. The summed E-state index contributed by atoms with van der Waals surface area (Å²) in [6, 6.07) is 15.0. The van der Waals surface area contributed by atoms with Crippen LogP contribution in [-0.2, 0) is 11.0 Å². The maximum Gasteiger partial charge on any atom is 0.418 e. The lowest BCUT2D eigenvalue weighted by atomic mass is 10.1. The number of anilines is 1. The third-order valence-electron chi connectivity index (χ3n) is 4.80. The van der Waals surface area contributed by atoms with Crippen LogP contribution in [0.2, 0.25) is 0 Å². The molecule has 0 aliphatic rings. The molecule has 4 aromatic rings. The summed E-state index contributed by atoms with van der Waals surface area (Å²) in [5, 5.41) is 11.9. The average molecular weight is 455 g/mol. The molecule has 0 spiro atoms. The van der Waals surface area contributed by atoms with Crippen molar-refractivity contribution in [3.63, 3.8) is 0 Å². The number of amides is 1. The molecule has 9 heteroatoms. The van der Waals surface area contributed by atoms with Gasteiger partial charge >= 0.3 is 6.18 Å². The van der Waals surface area contributed by atoms with Crippen LogP contribution < -0.4 is 15.5 Å². The Bertz CT molecular complexity index is 1380. The highest BCUT2D eigenvalue weighted by Crippen LogP contribution is 2.34. The van der Waals surface area contributed by atoms with Crippen LogP contribution in [0.15, 0.2) is 82.2 Å². The first-order valence-electron chi connectivity index (χ1n) is 9.66. The summed E-state index contributed by atoms with van der Waals surface area (Å²) in [4.78, 5) is 24.9. The maximum absolute atomic E-state index is 13.1. The number of benzene rings is 3. The predicted octanol–water partition coefficient (Wildman–Crippen LogP) is 5.20. The van der Waals surface area contributed by atoms with Crippen LogP contribution in [0, 0.1) is 0 Å². The van der Waals surface area contributed by atoms with E-state index in [1.807, 2.05) is 0 Å². The fraction of sp³-hybridized carbons (Fsp3) is 0.0833. The quantitative estimate of drug-likeness (QED) is 0.432. The summed E-state index contributed by atoms with van der Waals surface area (Å²) in [7, 11) is 0. The molecule has 0 aliphatic carbocycles. The Labute approximate surface area is 184 Å². The van der Waals surface area contributed by atoms with Gasteiger partial charge in [0, 0.05) is 6.07 Å². The number of hydrogen-bond donors (Lipinski definition) is 2. The fourth-order valence-corrected chi connectivity index (χ4v) is 3.21. The minimum absolute atomic E-state index is 0.0663. The lowest BCUT2D eigenvalue weighted by Gasteiger charge is -2.14. The van der Waals surface area contributed by atoms with E-state index in [1.165, 1.54) is 48.7 Å². The number of alkyl halides is 3. The molecule has 33 heavy (non-hydrogen) atoms. The molecule has 0 fully saturated rings. The van der Waals surface area contributed by atoms with Gasteiger partial charge in [-0.25, -0.2) is 0 Å². The number of phenolic OH excluding ortho intramolecular Hbond substituents is 1. The first kappa shape index (κ1) is 21.9. The second-order valence-electron chi connectivity index (χ2n) is 7.06. The smallest absolute Gasteiger partial charge is 0.418 e. The Balaban J connectivity index is 1.49. The van der Waals surface area contributed by atoms with E-state index in [9.17, 15) is 27.9 Å². The van der Waals surface area contributed by atoms with E-state index in [0.717, 1.165) is 12.1 Å². The number of fused-ring (bicyclic) bond motifs is 1. The molecule has 2 N–H and O–H groups in total. The van der Waals surface area contributed by atoms with Crippen LogP contribution in [0.25, 0.3) is 22.1 Å². The number of ether oxygens (including phenoxy) is 1. The van der Waals surface area contributed by atoms with Gasteiger partial charge in [0.15, 0.2) is 12.0 Å². The zero-order valence-corrected chi connectivity index (χ0v) is 16.8. The highest BCUT2D eigenvalue weighted by atomic mass is 19.4. The maximum atomic E-state index is 13.1. The Kier molecular flexibility index (Phi) is 5.78. The Morgan fingerprint density at radius 2 is 1.76 bits per heavy atom. The molecular formula is C24H16F3NO5. The van der Waals surface area contributed by atoms with Crippen molar-refractivity contribution >= 4 is 22.6 Å². The van der Waals surface area contributed by atoms with Crippen LogP contribution in [0.5, 0.6) is 11.5 Å². The van der Waals surface area contributed by atoms with E-state index < -0.39 is 24.3 Å². The first-order chi connectivity index (χ1) is 15.7. The van der Waals surface area contributed by atoms with Crippen molar-refractivity contribution in [3.8, 4) is 22.6 Å². The lowest BCUT2D eigenvalue weighted by molar-refractivity contribution is -0.137. The van der Waals surface area contributed by atoms with Gasteiger partial charge in [-0.2, -0.15) is 13.2 Å². The molecule has 4 rings (SSSR count). The van der Waals surface area contributed by atoms with Gasteiger partial charge in [-0.1, -0.05) is 24.3 Å². The second kappa shape index (κ2) is 8.70. The Morgan fingerprint density at radius 3 is 2.48 bits per heavy atom. The van der Waals surface area contributed by atoms with E-state index in [2.05, 4.69) is 5.32 Å². The standard InChI is InChI=1S/C24H16F3NO5/c25-24(26,27)19-3-1-2-4-20(19)28-22(30)13-32-16-9-10-17-21(11-16)33-12-18(23(17)31)14-5-7-15(29)8-6-14/h1-12,29H,13H2,(H,28,30). The average Bonchev–Trinajstić information content (AvgIpc) is 2.78. The molecule has 0 atom stereocenters. The van der Waals surface area contributed by atoms with E-state index >= 15 is 0 Å². The molecule has 0 unspecified atom stereocenters. The van der Waals surface area contributed by atoms with Crippen LogP contribution in [0.4, 0.5) is 18.9 Å². The highest BCUT2D eigenvalue weighted by molar-refractivity contribution is 5.93. The van der Waals surface area contributed by atoms with Crippen molar-refractivity contribution in [1.82, 2.24) is 0 Å². The number of hydrogen-bond acceptors (Lipinski definition) is 5. The summed E-state index contributed by atoms with van der Waals surface area (Å²) < 4.78 is 50.1. The normalized spacial score (nSPS) is 11.4. The molecule has 0 saturated carbocycles. The molecule has 0 saturated heterocycles. The number of rotatable bonds is 5. The predicted molar refractivity (Wildman–Crippen MR) is 115 cm³/mol. The lowest BCUT2D eigenvalue weighted by Crippen LogP contribution is -2.22. The number of aromatic hydroxyl groups is 1. The molecule has 0 aliphatic heterocycles. The van der Waals surface area contributed by atoms with Gasteiger partial charge < -0.3 is 19.6 Å². The molecular weight excluding hydrogens is 439 g/mol. The summed E-state index contributed by atoms with van der Waals surface area (Å²) >= 11 is 0. The minimum atomic E-state index is -4.61. The fourth-order valence-electron chi connectivity index (χ4n) is 3.21. The highest BCUT2D eigenvalue weighted by Gasteiger charge is 2.33. The van der Waals surface area contributed by atoms with E-state index in [4.69, 9.17) is 9.15 Å². The van der Waals surface area contributed by atoms with Gasteiger partial charge in [0.2, 0.25) is 0 Å². The molecule has 6 nitrogen and oxygen atoms in total. The molecule has 1 aromatic heterocycles. The van der Waals surface area contributed by atoms with E-state index in [-0.39, 0.29) is 33.6 Å². The van der Waals surface area contributed by atoms with E-state index in [0.29, 0.717) is 11.1 Å². The van der Waals surface area contributed by atoms with Crippen molar-refractivity contribution in [3.05, 3.63) is 88.8 Å². The van der Waals surface area contributed by atoms with Gasteiger partial charge in [0.05, 0.1) is 22.2 Å². The van der Waals surface area contributed by atoms with Crippen molar-refractivity contribution in [2.75, 3.05) is 11.9 Å². The van der Waals surface area contributed by atoms with Crippen molar-refractivity contribution in [2.45, 2.75) is 6.18 Å². The van der Waals surface area contributed by atoms with Gasteiger partial charge in [-0.05, 0) is 42.0 Å². The summed E-state index contributed by atoms with van der Waals surface area (Å²) in [6.07, 6.45) is -3.33. The van der Waals surface area contributed by atoms with Crippen LogP contribution in [0.3, 0.4) is 0 Å². The SMILES string of the molecule is O=C(COc1ccc2c(=O)c(-c3ccc(O)cc3)coc2c1)Nc1ccccc1C(F)(F)F. The van der Waals surface area contributed by atoms with Crippen LogP contribution in [-0.4, -0.2) is 17.6 Å². The summed E-state index contributed by atoms with van der Waals surface area (Å²) in [5.41, 5.74) is -0.545. The van der Waals surface area contributed by atoms with Gasteiger partial charge in [-0.15, -0.1) is 0 Å². The number of halogens is 3. The minimum Gasteiger partial charge on any atom is -0.508 e. The third kappa shape index (κ3) is 4.82. The summed E-state index contributed by atoms with van der Waals surface area (Å²) in [6.45, 7) is -0.548. The molecule has 1 amide bonds. The van der Waals surface area contributed by atoms with Crippen molar-refractivity contribution in [1.29, 1.82) is 0 Å². The molecule has 1 heterocycles. The van der Waals surface area contributed by atoms with Crippen molar-refractivity contribution < 1.29 is 32.2 Å². The number of para-hydroxylation sites is 1. The monoisotopic (exact) mass is 455 g/mol. The van der Waals surface area contributed by atoms with Crippen LogP contribution in [0.1, 0.15) is 5.56 Å². The second-order valence-corrected chi connectivity index (χ2v) is 7.06. The van der Waals surface area contributed by atoms with E-state index in [1.54, 1.807) is 12.1 Å². The number of phenols is 1. The zero-order chi connectivity index (χ0) is 23.6. The van der Waals surface area contributed by atoms with Gasteiger partial charge in [0.25, 0.3) is 5.91 Å². The number of nitrogens with one attached hydrogen (secondary N) is 1. The molecule has 3 aromatic carbocycles. The van der Waals surface area contributed by atoms with Crippen LogP contribution >= 0.6 is 0 Å². The van der Waals surface area contributed by atoms with Crippen molar-refractivity contribution in [2.24, 2.45) is 0 Å². The topological polar surface area (TPSA) is 88.8 Å².